The van der Waals surface area contributed by atoms with Crippen LogP contribution in [0.25, 0.3) is 0 Å². The van der Waals surface area contributed by atoms with Crippen molar-refractivity contribution >= 4 is 41.3 Å². The van der Waals surface area contributed by atoms with E-state index in [2.05, 4.69) is 64.2 Å². The van der Waals surface area contributed by atoms with Gasteiger partial charge in [0.25, 0.3) is 0 Å². The number of nitrogens with zero attached hydrogens (tertiary/aromatic N) is 2. The minimum atomic E-state index is 0. The molecule has 0 radical (unpaired) electrons. The minimum absolute atomic E-state index is 0. The molecular formula is C18H31IN4S. The lowest BCUT2D eigenvalue weighted by molar-refractivity contribution is 0.125. The van der Waals surface area contributed by atoms with E-state index in [9.17, 15) is 0 Å². The fraction of sp³-hybridized carbons (Fsp3) is 0.611. The van der Waals surface area contributed by atoms with Crippen LogP contribution < -0.4 is 10.6 Å². The molecule has 0 aliphatic carbocycles. The van der Waals surface area contributed by atoms with Crippen molar-refractivity contribution < 1.29 is 0 Å². The average molecular weight is 462 g/mol. The molecule has 24 heavy (non-hydrogen) atoms. The highest BCUT2D eigenvalue weighted by Gasteiger charge is 2.31. The van der Waals surface area contributed by atoms with Crippen LogP contribution in [-0.4, -0.2) is 44.6 Å². The number of hydrogen-bond acceptors (Lipinski definition) is 3. The van der Waals surface area contributed by atoms with Crippen molar-refractivity contribution in [2.45, 2.75) is 32.2 Å². The summed E-state index contributed by atoms with van der Waals surface area (Å²) in [6.45, 7) is 5.13. The fourth-order valence-corrected chi connectivity index (χ4v) is 4.25. The largest absolute Gasteiger partial charge is 0.356 e. The van der Waals surface area contributed by atoms with Gasteiger partial charge in [0, 0.05) is 31.1 Å². The minimum Gasteiger partial charge on any atom is -0.356 e. The average Bonchev–Trinajstić information content (AvgIpc) is 3.08. The Morgan fingerprint density at radius 3 is 2.96 bits per heavy atom. The zero-order chi connectivity index (χ0) is 16.5. The quantitative estimate of drug-likeness (QED) is 0.222. The Bertz CT molecular complexity index is 501. The molecule has 2 N–H and O–H groups in total. The van der Waals surface area contributed by atoms with Crippen LogP contribution in [0.1, 0.15) is 37.1 Å². The summed E-state index contributed by atoms with van der Waals surface area (Å²) in [5.41, 5.74) is 0. The van der Waals surface area contributed by atoms with Gasteiger partial charge in [-0.25, -0.2) is 0 Å². The molecule has 0 amide bonds. The van der Waals surface area contributed by atoms with Gasteiger partial charge in [-0.3, -0.25) is 9.89 Å². The van der Waals surface area contributed by atoms with Crippen LogP contribution in [0.3, 0.4) is 0 Å². The van der Waals surface area contributed by atoms with Crippen molar-refractivity contribution in [1.29, 1.82) is 0 Å². The molecule has 2 atom stereocenters. The SMILES string of the molecule is C/C=C/CCNC(=NC)NCC1CCCN(C)C1c1cccs1.I. The topological polar surface area (TPSA) is 39.7 Å². The van der Waals surface area contributed by atoms with Gasteiger partial charge in [0.2, 0.25) is 0 Å². The number of aliphatic imine (C=N–C) groups is 1. The van der Waals surface area contributed by atoms with Crippen molar-refractivity contribution in [2.75, 3.05) is 33.7 Å². The summed E-state index contributed by atoms with van der Waals surface area (Å²) in [6, 6.07) is 4.96. The lowest BCUT2D eigenvalue weighted by Crippen LogP contribution is -2.45. The second-order valence-corrected chi connectivity index (χ2v) is 7.06. The maximum absolute atomic E-state index is 4.34. The normalized spacial score (nSPS) is 22.4. The zero-order valence-corrected chi connectivity index (χ0v) is 18.1. The molecule has 1 fully saturated rings. The summed E-state index contributed by atoms with van der Waals surface area (Å²) < 4.78 is 0. The predicted octanol–water partition coefficient (Wildman–Crippen LogP) is 3.88. The predicted molar refractivity (Wildman–Crippen MR) is 117 cm³/mol. The van der Waals surface area contributed by atoms with Crippen molar-refractivity contribution in [2.24, 2.45) is 10.9 Å². The maximum Gasteiger partial charge on any atom is 0.190 e. The van der Waals surface area contributed by atoms with Gasteiger partial charge in [0.15, 0.2) is 5.96 Å². The summed E-state index contributed by atoms with van der Waals surface area (Å²) in [5, 5.41) is 9.09. The van der Waals surface area contributed by atoms with Crippen molar-refractivity contribution in [1.82, 2.24) is 15.5 Å². The molecule has 0 spiro atoms. The summed E-state index contributed by atoms with van der Waals surface area (Å²) >= 11 is 1.87. The molecule has 1 aromatic heterocycles. The van der Waals surface area contributed by atoms with E-state index in [1.54, 1.807) is 0 Å². The van der Waals surface area contributed by atoms with Crippen LogP contribution >= 0.6 is 35.3 Å². The Kier molecular flexibility index (Phi) is 10.6. The zero-order valence-electron chi connectivity index (χ0n) is 15.0. The van der Waals surface area contributed by atoms with Crippen LogP contribution in [0.5, 0.6) is 0 Å². The molecule has 2 rings (SSSR count). The number of halogens is 1. The van der Waals surface area contributed by atoms with E-state index in [1.165, 1.54) is 24.3 Å². The first-order valence-electron chi connectivity index (χ1n) is 8.55. The maximum atomic E-state index is 4.34. The molecule has 2 unspecified atom stereocenters. The van der Waals surface area contributed by atoms with Crippen LogP contribution in [0.15, 0.2) is 34.7 Å². The van der Waals surface area contributed by atoms with E-state index in [1.807, 2.05) is 18.4 Å². The van der Waals surface area contributed by atoms with Crippen LogP contribution in [-0.2, 0) is 0 Å². The molecule has 1 aliphatic rings. The first-order chi connectivity index (χ1) is 11.3. The fourth-order valence-electron chi connectivity index (χ4n) is 3.27. The highest BCUT2D eigenvalue weighted by Crippen LogP contribution is 2.36. The van der Waals surface area contributed by atoms with Gasteiger partial charge in [-0.1, -0.05) is 18.2 Å². The Balaban J connectivity index is 0.00000288. The molecule has 1 aromatic rings. The van der Waals surface area contributed by atoms with E-state index >= 15 is 0 Å². The van der Waals surface area contributed by atoms with Gasteiger partial charge in [0.05, 0.1) is 0 Å². The van der Waals surface area contributed by atoms with Gasteiger partial charge in [-0.15, -0.1) is 35.3 Å². The number of allylic oxidation sites excluding steroid dienone is 1. The highest BCUT2D eigenvalue weighted by molar-refractivity contribution is 14.0. The Hall–Kier alpha value is -0.600. The van der Waals surface area contributed by atoms with E-state index < -0.39 is 0 Å². The first-order valence-corrected chi connectivity index (χ1v) is 9.43. The first kappa shape index (κ1) is 21.4. The van der Waals surface area contributed by atoms with Gasteiger partial charge in [0.1, 0.15) is 0 Å². The lowest BCUT2D eigenvalue weighted by Gasteiger charge is -2.39. The Morgan fingerprint density at radius 2 is 2.29 bits per heavy atom. The van der Waals surface area contributed by atoms with Crippen LogP contribution in [0.4, 0.5) is 0 Å². The molecular weight excluding hydrogens is 431 g/mol. The third-order valence-electron chi connectivity index (χ3n) is 4.44. The molecule has 2 heterocycles. The van der Waals surface area contributed by atoms with E-state index in [4.69, 9.17) is 0 Å². The van der Waals surface area contributed by atoms with Crippen LogP contribution in [0, 0.1) is 5.92 Å². The second-order valence-electron chi connectivity index (χ2n) is 6.08. The third kappa shape index (κ3) is 6.37. The van der Waals surface area contributed by atoms with Gasteiger partial charge in [-0.2, -0.15) is 0 Å². The number of guanidine groups is 1. The molecule has 0 bridgehead atoms. The van der Waals surface area contributed by atoms with Crippen molar-refractivity contribution in [3.63, 3.8) is 0 Å². The van der Waals surface area contributed by atoms with E-state index in [-0.39, 0.29) is 24.0 Å². The number of nitrogens with one attached hydrogen (secondary N) is 2. The molecule has 136 valence electrons. The molecule has 6 heteroatoms. The summed E-state index contributed by atoms with van der Waals surface area (Å²) in [6.07, 6.45) is 7.83. The van der Waals surface area contributed by atoms with Crippen molar-refractivity contribution in [3.8, 4) is 0 Å². The van der Waals surface area contributed by atoms with E-state index in [0.717, 1.165) is 25.5 Å². The Morgan fingerprint density at radius 1 is 1.46 bits per heavy atom. The number of rotatable bonds is 6. The van der Waals surface area contributed by atoms with Gasteiger partial charge >= 0.3 is 0 Å². The molecule has 1 aliphatic heterocycles. The number of piperidine rings is 1. The van der Waals surface area contributed by atoms with Gasteiger partial charge < -0.3 is 10.6 Å². The number of thiophene rings is 1. The number of likely N-dealkylation sites (tertiary alicyclic amines) is 1. The standard InChI is InChI=1S/C18H30N4S.HI/c1-4-5-6-11-20-18(19-2)21-14-15-9-7-12-22(3)17(15)16-10-8-13-23-16;/h4-5,8,10,13,15,17H,6-7,9,11-12,14H2,1-3H3,(H2,19,20,21);1H/b5-4+;. The summed E-state index contributed by atoms with van der Waals surface area (Å²) in [4.78, 5) is 8.32. The molecule has 1 saturated heterocycles. The summed E-state index contributed by atoms with van der Waals surface area (Å²) in [7, 11) is 4.09. The smallest absolute Gasteiger partial charge is 0.190 e. The Labute approximate surface area is 167 Å². The highest BCUT2D eigenvalue weighted by atomic mass is 127. The summed E-state index contributed by atoms with van der Waals surface area (Å²) in [5.74, 6) is 1.54. The van der Waals surface area contributed by atoms with E-state index in [0.29, 0.717) is 12.0 Å². The lowest BCUT2D eigenvalue weighted by atomic mass is 9.88. The monoisotopic (exact) mass is 462 g/mol. The van der Waals surface area contributed by atoms with Gasteiger partial charge in [-0.05, 0) is 57.1 Å². The molecule has 4 nitrogen and oxygen atoms in total. The molecule has 0 aromatic carbocycles. The third-order valence-corrected chi connectivity index (χ3v) is 5.38. The van der Waals surface area contributed by atoms with Crippen molar-refractivity contribution in [3.05, 3.63) is 34.5 Å². The second kappa shape index (κ2) is 11.9. The van der Waals surface area contributed by atoms with Crippen LogP contribution in [0.2, 0.25) is 0 Å². The molecule has 0 saturated carbocycles. The number of hydrogen-bond donors (Lipinski definition) is 2.